The number of nitrogens with zero attached hydrogens (tertiary/aromatic N) is 4. The van der Waals surface area contributed by atoms with Gasteiger partial charge in [0, 0.05) is 23.0 Å². The predicted molar refractivity (Wildman–Crippen MR) is 74.6 cm³/mol. The Bertz CT molecular complexity index is 692. The van der Waals surface area contributed by atoms with Gasteiger partial charge in [0.1, 0.15) is 0 Å². The van der Waals surface area contributed by atoms with Crippen LogP contribution in [0, 0.1) is 0 Å². The Kier molecular flexibility index (Phi) is 3.19. The third-order valence-corrected chi connectivity index (χ3v) is 2.98. The zero-order valence-corrected chi connectivity index (χ0v) is 11.2. The van der Waals surface area contributed by atoms with Crippen molar-refractivity contribution in [2.45, 2.75) is 0 Å². The highest BCUT2D eigenvalue weighted by atomic mass is 35.5. The molecule has 6 heteroatoms. The van der Waals surface area contributed by atoms with Crippen LogP contribution in [0.4, 0.5) is 0 Å². The zero-order valence-electron chi connectivity index (χ0n) is 9.66. The van der Waals surface area contributed by atoms with Crippen molar-refractivity contribution in [2.75, 3.05) is 0 Å². The molecule has 19 heavy (non-hydrogen) atoms. The van der Waals surface area contributed by atoms with Crippen molar-refractivity contribution in [3.05, 3.63) is 59.1 Å². The van der Waals surface area contributed by atoms with Gasteiger partial charge in [0.05, 0.1) is 5.69 Å². The summed E-state index contributed by atoms with van der Waals surface area (Å²) in [6.07, 6.45) is 3.42. The van der Waals surface area contributed by atoms with Gasteiger partial charge in [-0.05, 0) is 48.0 Å². The first-order valence-electron chi connectivity index (χ1n) is 5.53. The third kappa shape index (κ3) is 2.45. The maximum atomic E-state index is 5.91. The van der Waals surface area contributed by atoms with Gasteiger partial charge in [-0.2, -0.15) is 4.98 Å². The summed E-state index contributed by atoms with van der Waals surface area (Å²) in [6.45, 7) is 0. The number of rotatable bonds is 2. The van der Waals surface area contributed by atoms with Crippen LogP contribution in [0.1, 0.15) is 0 Å². The maximum absolute atomic E-state index is 5.91. The lowest BCUT2D eigenvalue weighted by Crippen LogP contribution is -1.99. The van der Waals surface area contributed by atoms with E-state index >= 15 is 0 Å². The van der Waals surface area contributed by atoms with Gasteiger partial charge in [0.15, 0.2) is 5.82 Å². The fourth-order valence-corrected chi connectivity index (χ4v) is 2.01. The molecule has 0 spiro atoms. The van der Waals surface area contributed by atoms with E-state index in [1.54, 1.807) is 29.2 Å². The molecular weight excluding hydrogens is 283 g/mol. The Labute approximate surface area is 119 Å². The van der Waals surface area contributed by atoms with Crippen molar-refractivity contribution in [3.8, 4) is 17.1 Å². The monoisotopic (exact) mass is 290 g/mol. The second-order valence-corrected chi connectivity index (χ2v) is 4.61. The predicted octanol–water partition coefficient (Wildman–Crippen LogP) is 3.64. The summed E-state index contributed by atoms with van der Waals surface area (Å²) >= 11 is 11.8. The van der Waals surface area contributed by atoms with Gasteiger partial charge < -0.3 is 0 Å². The molecule has 94 valence electrons. The number of benzene rings is 1. The van der Waals surface area contributed by atoms with Crippen LogP contribution in [-0.2, 0) is 0 Å². The molecule has 2 heterocycles. The first kappa shape index (κ1) is 12.1. The largest absolute Gasteiger partial charge is 0.264 e. The molecule has 1 aromatic carbocycles. The number of aromatic nitrogens is 4. The minimum Gasteiger partial charge on any atom is -0.264 e. The molecule has 0 aliphatic rings. The van der Waals surface area contributed by atoms with Gasteiger partial charge >= 0.3 is 0 Å². The second-order valence-electron chi connectivity index (χ2n) is 3.83. The van der Waals surface area contributed by atoms with Gasteiger partial charge in [-0.15, -0.1) is 5.10 Å². The van der Waals surface area contributed by atoms with E-state index in [-0.39, 0.29) is 5.28 Å². The molecule has 2 aromatic heterocycles. The Morgan fingerprint density at radius 2 is 1.79 bits per heavy atom. The third-order valence-electron chi connectivity index (χ3n) is 2.57. The normalized spacial score (nSPS) is 10.6. The lowest BCUT2D eigenvalue weighted by atomic mass is 10.2. The number of hydrogen-bond donors (Lipinski definition) is 0. The van der Waals surface area contributed by atoms with Crippen LogP contribution >= 0.6 is 23.2 Å². The van der Waals surface area contributed by atoms with E-state index in [1.165, 1.54) is 0 Å². The van der Waals surface area contributed by atoms with Crippen molar-refractivity contribution in [1.82, 2.24) is 19.7 Å². The average molecular weight is 291 g/mol. The maximum Gasteiger partial charge on any atom is 0.243 e. The first-order chi connectivity index (χ1) is 9.24. The number of halogens is 2. The Hall–Kier alpha value is -1.91. The van der Waals surface area contributed by atoms with E-state index in [0.717, 1.165) is 11.3 Å². The van der Waals surface area contributed by atoms with Crippen LogP contribution < -0.4 is 0 Å². The fourth-order valence-electron chi connectivity index (χ4n) is 1.73. The highest BCUT2D eigenvalue weighted by Gasteiger charge is 2.12. The van der Waals surface area contributed by atoms with E-state index < -0.39 is 0 Å². The first-order valence-corrected chi connectivity index (χ1v) is 6.28. The zero-order chi connectivity index (χ0) is 13.2. The molecule has 0 aliphatic heterocycles. The Morgan fingerprint density at radius 1 is 1.00 bits per heavy atom. The van der Waals surface area contributed by atoms with E-state index in [2.05, 4.69) is 15.1 Å². The van der Waals surface area contributed by atoms with Crippen molar-refractivity contribution >= 4 is 23.2 Å². The van der Waals surface area contributed by atoms with Crippen LogP contribution in [0.3, 0.4) is 0 Å². The van der Waals surface area contributed by atoms with Crippen LogP contribution in [-0.4, -0.2) is 19.7 Å². The van der Waals surface area contributed by atoms with Gasteiger partial charge in [0.25, 0.3) is 0 Å². The minimum atomic E-state index is 0.189. The molecule has 0 atom stereocenters. The van der Waals surface area contributed by atoms with E-state index in [0.29, 0.717) is 10.8 Å². The molecule has 0 saturated heterocycles. The van der Waals surface area contributed by atoms with Crippen molar-refractivity contribution in [2.24, 2.45) is 0 Å². The Balaban J connectivity index is 2.15. The smallest absolute Gasteiger partial charge is 0.243 e. The lowest BCUT2D eigenvalue weighted by Gasteiger charge is -2.05. The summed E-state index contributed by atoms with van der Waals surface area (Å²) in [7, 11) is 0. The number of pyridine rings is 1. The summed E-state index contributed by atoms with van der Waals surface area (Å²) in [4.78, 5) is 8.30. The van der Waals surface area contributed by atoms with Crippen LogP contribution in [0.5, 0.6) is 0 Å². The SMILES string of the molecule is Clc1ccc(-n2nc(Cl)nc2-c2cccnc2)cc1. The molecule has 0 amide bonds. The molecule has 0 fully saturated rings. The van der Waals surface area contributed by atoms with Gasteiger partial charge in [0.2, 0.25) is 5.28 Å². The summed E-state index contributed by atoms with van der Waals surface area (Å²) in [5, 5.41) is 5.04. The van der Waals surface area contributed by atoms with Gasteiger partial charge in [-0.25, -0.2) is 4.68 Å². The molecule has 0 N–H and O–H groups in total. The standard InChI is InChI=1S/C13H8Cl2N4/c14-10-3-5-11(6-4-10)19-12(17-13(15)18-19)9-2-1-7-16-8-9/h1-8H. The summed E-state index contributed by atoms with van der Waals surface area (Å²) < 4.78 is 1.66. The van der Waals surface area contributed by atoms with Crippen molar-refractivity contribution in [1.29, 1.82) is 0 Å². The topological polar surface area (TPSA) is 43.6 Å². The average Bonchev–Trinajstić information content (AvgIpc) is 2.83. The van der Waals surface area contributed by atoms with Crippen molar-refractivity contribution in [3.63, 3.8) is 0 Å². The molecular formula is C13H8Cl2N4. The van der Waals surface area contributed by atoms with E-state index in [4.69, 9.17) is 23.2 Å². The van der Waals surface area contributed by atoms with E-state index in [9.17, 15) is 0 Å². The molecule has 3 aromatic rings. The second kappa shape index (κ2) is 4.99. The van der Waals surface area contributed by atoms with Crippen LogP contribution in [0.25, 0.3) is 17.1 Å². The fraction of sp³-hybridized carbons (Fsp3) is 0. The van der Waals surface area contributed by atoms with E-state index in [1.807, 2.05) is 24.3 Å². The molecule has 0 radical (unpaired) electrons. The molecule has 0 bridgehead atoms. The van der Waals surface area contributed by atoms with Gasteiger partial charge in [-0.3, -0.25) is 4.98 Å². The minimum absolute atomic E-state index is 0.189. The van der Waals surface area contributed by atoms with Crippen LogP contribution in [0.15, 0.2) is 48.8 Å². The molecule has 4 nitrogen and oxygen atoms in total. The lowest BCUT2D eigenvalue weighted by molar-refractivity contribution is 0.887. The highest BCUT2D eigenvalue weighted by molar-refractivity contribution is 6.30. The highest BCUT2D eigenvalue weighted by Crippen LogP contribution is 2.22. The molecule has 0 unspecified atom stereocenters. The summed E-state index contributed by atoms with van der Waals surface area (Å²) in [6, 6.07) is 11.0. The van der Waals surface area contributed by atoms with Crippen molar-refractivity contribution < 1.29 is 0 Å². The van der Waals surface area contributed by atoms with Gasteiger partial charge in [-0.1, -0.05) is 11.6 Å². The quantitative estimate of drug-likeness (QED) is 0.724. The Morgan fingerprint density at radius 3 is 2.47 bits per heavy atom. The summed E-state index contributed by atoms with van der Waals surface area (Å²) in [5.41, 5.74) is 1.68. The molecule has 0 aliphatic carbocycles. The summed E-state index contributed by atoms with van der Waals surface area (Å²) in [5.74, 6) is 0.639. The molecule has 3 rings (SSSR count). The number of hydrogen-bond acceptors (Lipinski definition) is 3. The van der Waals surface area contributed by atoms with Crippen LogP contribution in [0.2, 0.25) is 10.3 Å². The molecule has 0 saturated carbocycles.